The highest BCUT2D eigenvalue weighted by molar-refractivity contribution is 5.81. The zero-order chi connectivity index (χ0) is 12.2. The Morgan fingerprint density at radius 1 is 1.25 bits per heavy atom. The van der Waals surface area contributed by atoms with E-state index in [0.29, 0.717) is 0 Å². The van der Waals surface area contributed by atoms with E-state index >= 15 is 0 Å². The van der Waals surface area contributed by atoms with Crippen LogP contribution in [0.5, 0.6) is 0 Å². The van der Waals surface area contributed by atoms with Crippen LogP contribution in [0.4, 0.5) is 0 Å². The molecule has 0 fully saturated rings. The fourth-order valence-corrected chi connectivity index (χ4v) is 1.48. The minimum absolute atomic E-state index is 0.164. The highest BCUT2D eigenvalue weighted by atomic mass is 16.5. The minimum atomic E-state index is -0.281. The molecule has 0 saturated heterocycles. The summed E-state index contributed by atoms with van der Waals surface area (Å²) in [5.41, 5.74) is 0. The Morgan fingerprint density at radius 2 is 1.88 bits per heavy atom. The molecule has 0 aromatic heterocycles. The summed E-state index contributed by atoms with van der Waals surface area (Å²) in [6.45, 7) is 1.83. The van der Waals surface area contributed by atoms with Crippen molar-refractivity contribution in [1.29, 1.82) is 0 Å². The topological polar surface area (TPSA) is 46.5 Å². The first-order valence-electron chi connectivity index (χ1n) is 6.09. The number of methoxy groups -OCH3 is 1. The average Bonchev–Trinajstić information content (AvgIpc) is 2.26. The summed E-state index contributed by atoms with van der Waals surface area (Å²) in [6, 6.07) is 0. The van der Waals surface area contributed by atoms with Crippen LogP contribution in [0.2, 0.25) is 0 Å². The van der Waals surface area contributed by atoms with Gasteiger partial charge in [0.05, 0.1) is 13.2 Å². The Morgan fingerprint density at radius 3 is 2.50 bits per heavy atom. The highest BCUT2D eigenvalue weighted by Gasteiger charge is 1.95. The molecule has 0 radical (unpaired) electrons. The molecule has 0 amide bonds. The van der Waals surface area contributed by atoms with Crippen molar-refractivity contribution in [3.8, 4) is 0 Å². The standard InChI is InChI=1S/C13H24O3/c1-12(14)10-8-6-4-3-5-7-9-11-13(15)16-2/h9,11-12,14H,3-8,10H2,1-2H3/b11-9+/t12-/m1/s1. The van der Waals surface area contributed by atoms with E-state index in [1.165, 1.54) is 32.4 Å². The van der Waals surface area contributed by atoms with Crippen molar-refractivity contribution in [3.63, 3.8) is 0 Å². The summed E-state index contributed by atoms with van der Waals surface area (Å²) < 4.78 is 4.48. The molecule has 0 heterocycles. The van der Waals surface area contributed by atoms with Crippen LogP contribution in [0, 0.1) is 0 Å². The molecular weight excluding hydrogens is 204 g/mol. The third-order valence-electron chi connectivity index (χ3n) is 2.45. The first-order valence-corrected chi connectivity index (χ1v) is 6.09. The number of ether oxygens (including phenoxy) is 1. The lowest BCUT2D eigenvalue weighted by Crippen LogP contribution is -1.98. The predicted octanol–water partition coefficient (Wildman–Crippen LogP) is 2.83. The van der Waals surface area contributed by atoms with Crippen molar-refractivity contribution in [2.75, 3.05) is 7.11 Å². The van der Waals surface area contributed by atoms with Crippen LogP contribution in [-0.4, -0.2) is 24.3 Å². The highest BCUT2D eigenvalue weighted by Crippen LogP contribution is 2.08. The molecule has 0 rings (SSSR count). The maximum atomic E-state index is 10.7. The van der Waals surface area contributed by atoms with Crippen molar-refractivity contribution < 1.29 is 14.6 Å². The number of unbranched alkanes of at least 4 members (excludes halogenated alkanes) is 5. The van der Waals surface area contributed by atoms with E-state index < -0.39 is 0 Å². The number of hydrogen-bond donors (Lipinski definition) is 1. The van der Waals surface area contributed by atoms with Crippen LogP contribution < -0.4 is 0 Å². The van der Waals surface area contributed by atoms with Gasteiger partial charge in [-0.3, -0.25) is 0 Å². The molecule has 0 saturated carbocycles. The average molecular weight is 228 g/mol. The fourth-order valence-electron chi connectivity index (χ4n) is 1.48. The summed E-state index contributed by atoms with van der Waals surface area (Å²) in [5, 5.41) is 9.05. The van der Waals surface area contributed by atoms with Gasteiger partial charge in [-0.2, -0.15) is 0 Å². The quantitative estimate of drug-likeness (QED) is 0.375. The van der Waals surface area contributed by atoms with Gasteiger partial charge >= 0.3 is 5.97 Å². The van der Waals surface area contributed by atoms with Crippen LogP contribution in [0.15, 0.2) is 12.2 Å². The molecule has 0 aromatic carbocycles. The van der Waals surface area contributed by atoms with Crippen LogP contribution in [0.1, 0.15) is 51.9 Å². The largest absolute Gasteiger partial charge is 0.466 e. The molecule has 0 aromatic rings. The monoisotopic (exact) mass is 228 g/mol. The van der Waals surface area contributed by atoms with E-state index in [0.717, 1.165) is 25.7 Å². The van der Waals surface area contributed by atoms with Gasteiger partial charge in [0, 0.05) is 6.08 Å². The lowest BCUT2D eigenvalue weighted by molar-refractivity contribution is -0.134. The van der Waals surface area contributed by atoms with Crippen molar-refractivity contribution >= 4 is 5.97 Å². The molecule has 0 spiro atoms. The van der Waals surface area contributed by atoms with Crippen LogP contribution in [-0.2, 0) is 9.53 Å². The summed E-state index contributed by atoms with van der Waals surface area (Å²) in [4.78, 5) is 10.7. The summed E-state index contributed by atoms with van der Waals surface area (Å²) in [5.74, 6) is -0.281. The first kappa shape index (κ1) is 15.2. The molecule has 0 aliphatic rings. The molecule has 3 nitrogen and oxygen atoms in total. The van der Waals surface area contributed by atoms with Gasteiger partial charge in [-0.25, -0.2) is 4.79 Å². The van der Waals surface area contributed by atoms with Gasteiger partial charge in [0.25, 0.3) is 0 Å². The molecule has 3 heteroatoms. The van der Waals surface area contributed by atoms with Gasteiger partial charge in [0.1, 0.15) is 0 Å². The number of carbonyl (C=O) groups excluding carboxylic acids is 1. The smallest absolute Gasteiger partial charge is 0.330 e. The molecule has 1 atom stereocenters. The molecule has 0 unspecified atom stereocenters. The van der Waals surface area contributed by atoms with E-state index in [9.17, 15) is 4.79 Å². The van der Waals surface area contributed by atoms with Crippen LogP contribution in [0.3, 0.4) is 0 Å². The summed E-state index contributed by atoms with van der Waals surface area (Å²) >= 11 is 0. The van der Waals surface area contributed by atoms with E-state index in [1.54, 1.807) is 0 Å². The second kappa shape index (κ2) is 10.7. The molecule has 1 N–H and O–H groups in total. The first-order chi connectivity index (χ1) is 7.66. The third kappa shape index (κ3) is 11.2. The third-order valence-corrected chi connectivity index (χ3v) is 2.45. The van der Waals surface area contributed by atoms with Gasteiger partial charge in [0.2, 0.25) is 0 Å². The second-order valence-electron chi connectivity index (χ2n) is 4.12. The Hall–Kier alpha value is -0.830. The Balaban J connectivity index is 3.15. The maximum absolute atomic E-state index is 10.7. The van der Waals surface area contributed by atoms with E-state index in [-0.39, 0.29) is 12.1 Å². The Bertz CT molecular complexity index is 197. The Kier molecular flexibility index (Phi) is 10.1. The number of allylic oxidation sites excluding steroid dienone is 1. The van der Waals surface area contributed by atoms with Gasteiger partial charge in [0.15, 0.2) is 0 Å². The maximum Gasteiger partial charge on any atom is 0.330 e. The molecule has 16 heavy (non-hydrogen) atoms. The number of aliphatic hydroxyl groups is 1. The zero-order valence-corrected chi connectivity index (χ0v) is 10.4. The van der Waals surface area contributed by atoms with Gasteiger partial charge in [-0.05, 0) is 26.2 Å². The predicted molar refractivity (Wildman–Crippen MR) is 65.2 cm³/mol. The van der Waals surface area contributed by atoms with Crippen LogP contribution in [0.25, 0.3) is 0 Å². The number of rotatable bonds is 9. The second-order valence-corrected chi connectivity index (χ2v) is 4.12. The molecular formula is C13H24O3. The summed E-state index contributed by atoms with van der Waals surface area (Å²) in [7, 11) is 1.38. The van der Waals surface area contributed by atoms with Crippen molar-refractivity contribution in [3.05, 3.63) is 12.2 Å². The van der Waals surface area contributed by atoms with E-state index in [2.05, 4.69) is 4.74 Å². The van der Waals surface area contributed by atoms with Crippen LogP contribution >= 0.6 is 0 Å². The minimum Gasteiger partial charge on any atom is -0.466 e. The lowest BCUT2D eigenvalue weighted by atomic mass is 10.1. The number of aliphatic hydroxyl groups excluding tert-OH is 1. The molecule has 0 bridgehead atoms. The van der Waals surface area contributed by atoms with Gasteiger partial charge in [-0.15, -0.1) is 0 Å². The molecule has 0 aliphatic carbocycles. The molecule has 0 aliphatic heterocycles. The van der Waals surface area contributed by atoms with Gasteiger partial charge < -0.3 is 9.84 Å². The summed E-state index contributed by atoms with van der Waals surface area (Å²) in [6.07, 6.45) is 10.8. The van der Waals surface area contributed by atoms with Crippen molar-refractivity contribution in [1.82, 2.24) is 0 Å². The normalized spacial score (nSPS) is 12.9. The number of carbonyl (C=O) groups is 1. The van der Waals surface area contributed by atoms with Gasteiger partial charge in [-0.1, -0.05) is 31.8 Å². The SMILES string of the molecule is COC(=O)/C=C/CCCCCCC[C@@H](C)O. The molecule has 94 valence electrons. The fraction of sp³-hybridized carbons (Fsp3) is 0.769. The zero-order valence-electron chi connectivity index (χ0n) is 10.4. The Labute approximate surface area is 98.5 Å². The van der Waals surface area contributed by atoms with Crippen molar-refractivity contribution in [2.45, 2.75) is 58.0 Å². The van der Waals surface area contributed by atoms with E-state index in [1.807, 2.05) is 13.0 Å². The number of hydrogen-bond acceptors (Lipinski definition) is 3. The number of esters is 1. The van der Waals surface area contributed by atoms with Crippen molar-refractivity contribution in [2.24, 2.45) is 0 Å². The van der Waals surface area contributed by atoms with E-state index in [4.69, 9.17) is 5.11 Å². The lowest BCUT2D eigenvalue weighted by Gasteiger charge is -2.03.